The van der Waals surface area contributed by atoms with Gasteiger partial charge < -0.3 is 10.1 Å². The molecule has 0 saturated heterocycles. The summed E-state index contributed by atoms with van der Waals surface area (Å²) in [5.41, 5.74) is 0. The van der Waals surface area contributed by atoms with Crippen LogP contribution in [0.5, 0.6) is 0 Å². The standard InChI is InChI=1S/C9H18N2OS/c1-4-8-6-11-9(13-8)10-5-7(2)12-3/h7-8H,4-6H2,1-3H3,(H,10,11). The molecular formula is C9H18N2OS. The summed E-state index contributed by atoms with van der Waals surface area (Å²) < 4.78 is 5.14. The minimum atomic E-state index is 0.254. The summed E-state index contributed by atoms with van der Waals surface area (Å²) in [5.74, 6) is 0. The SMILES string of the molecule is CCC1CN=C(NCC(C)OC)S1. The van der Waals surface area contributed by atoms with Crippen LogP contribution >= 0.6 is 11.8 Å². The van der Waals surface area contributed by atoms with Crippen LogP contribution in [0, 0.1) is 0 Å². The smallest absolute Gasteiger partial charge is 0.157 e. The van der Waals surface area contributed by atoms with Crippen molar-refractivity contribution < 1.29 is 4.74 Å². The summed E-state index contributed by atoms with van der Waals surface area (Å²) in [6, 6.07) is 0. The number of nitrogens with zero attached hydrogens (tertiary/aromatic N) is 1. The van der Waals surface area contributed by atoms with Gasteiger partial charge >= 0.3 is 0 Å². The van der Waals surface area contributed by atoms with Crippen molar-refractivity contribution in [2.45, 2.75) is 31.6 Å². The van der Waals surface area contributed by atoms with E-state index in [1.807, 2.05) is 18.7 Å². The first-order chi connectivity index (χ1) is 6.26. The molecule has 1 heterocycles. The topological polar surface area (TPSA) is 33.6 Å². The lowest BCUT2D eigenvalue weighted by Gasteiger charge is -2.11. The number of hydrogen-bond donors (Lipinski definition) is 1. The van der Waals surface area contributed by atoms with Crippen molar-refractivity contribution in [1.29, 1.82) is 0 Å². The Kier molecular flexibility index (Phi) is 4.59. The quantitative estimate of drug-likeness (QED) is 0.750. The highest BCUT2D eigenvalue weighted by Crippen LogP contribution is 2.21. The molecule has 0 aromatic rings. The average Bonchev–Trinajstić information content (AvgIpc) is 2.61. The van der Waals surface area contributed by atoms with Crippen molar-refractivity contribution in [2.24, 2.45) is 4.99 Å². The van der Waals surface area contributed by atoms with Crippen LogP contribution in [0.4, 0.5) is 0 Å². The van der Waals surface area contributed by atoms with Gasteiger partial charge in [-0.15, -0.1) is 0 Å². The van der Waals surface area contributed by atoms with Gasteiger partial charge in [-0.2, -0.15) is 0 Å². The first kappa shape index (κ1) is 10.9. The molecule has 0 aromatic carbocycles. The minimum absolute atomic E-state index is 0.254. The van der Waals surface area contributed by atoms with Gasteiger partial charge in [-0.05, 0) is 13.3 Å². The lowest BCUT2D eigenvalue weighted by molar-refractivity contribution is 0.121. The molecule has 2 atom stereocenters. The van der Waals surface area contributed by atoms with Gasteiger partial charge in [0.25, 0.3) is 0 Å². The van der Waals surface area contributed by atoms with Crippen LogP contribution < -0.4 is 5.32 Å². The average molecular weight is 202 g/mol. The lowest BCUT2D eigenvalue weighted by Crippen LogP contribution is -2.29. The van der Waals surface area contributed by atoms with Gasteiger partial charge in [-0.3, -0.25) is 4.99 Å². The molecule has 13 heavy (non-hydrogen) atoms. The van der Waals surface area contributed by atoms with Crippen LogP contribution in [0.1, 0.15) is 20.3 Å². The number of nitrogens with one attached hydrogen (secondary N) is 1. The monoisotopic (exact) mass is 202 g/mol. The van der Waals surface area contributed by atoms with Crippen molar-refractivity contribution in [2.75, 3.05) is 20.2 Å². The van der Waals surface area contributed by atoms with Crippen LogP contribution in [-0.2, 0) is 4.74 Å². The van der Waals surface area contributed by atoms with Crippen LogP contribution in [-0.4, -0.2) is 36.7 Å². The van der Waals surface area contributed by atoms with Gasteiger partial charge in [0.1, 0.15) is 0 Å². The number of rotatable bonds is 4. The molecule has 0 spiro atoms. The van der Waals surface area contributed by atoms with E-state index in [1.54, 1.807) is 7.11 Å². The molecule has 0 aliphatic carbocycles. The summed E-state index contributed by atoms with van der Waals surface area (Å²) in [5, 5.41) is 5.04. The van der Waals surface area contributed by atoms with Gasteiger partial charge in [-0.25, -0.2) is 0 Å². The second kappa shape index (κ2) is 5.50. The fraction of sp³-hybridized carbons (Fsp3) is 0.889. The molecule has 1 aliphatic rings. The zero-order valence-corrected chi connectivity index (χ0v) is 9.36. The molecule has 0 fully saturated rings. The molecule has 1 rings (SSSR count). The van der Waals surface area contributed by atoms with Gasteiger partial charge in [0.2, 0.25) is 0 Å². The Morgan fingerprint density at radius 3 is 3.08 bits per heavy atom. The van der Waals surface area contributed by atoms with Gasteiger partial charge in [0.15, 0.2) is 5.17 Å². The van der Waals surface area contributed by atoms with E-state index >= 15 is 0 Å². The zero-order chi connectivity index (χ0) is 9.68. The molecule has 0 radical (unpaired) electrons. The normalized spacial score (nSPS) is 24.2. The first-order valence-electron chi connectivity index (χ1n) is 4.74. The predicted molar refractivity (Wildman–Crippen MR) is 58.4 cm³/mol. The molecule has 1 N–H and O–H groups in total. The van der Waals surface area contributed by atoms with Crippen LogP contribution in [0.25, 0.3) is 0 Å². The molecule has 76 valence electrons. The second-order valence-electron chi connectivity index (χ2n) is 3.22. The Hall–Kier alpha value is -0.220. The van der Waals surface area contributed by atoms with Crippen molar-refractivity contribution in [3.63, 3.8) is 0 Å². The number of thioether (sulfide) groups is 1. The largest absolute Gasteiger partial charge is 0.380 e. The van der Waals surface area contributed by atoms with E-state index in [0.717, 1.165) is 18.3 Å². The fourth-order valence-electron chi connectivity index (χ4n) is 1.04. The molecule has 2 unspecified atom stereocenters. The summed E-state index contributed by atoms with van der Waals surface area (Å²) in [4.78, 5) is 4.41. The van der Waals surface area contributed by atoms with E-state index in [0.29, 0.717) is 5.25 Å². The molecule has 1 aliphatic heterocycles. The van der Waals surface area contributed by atoms with Gasteiger partial charge in [-0.1, -0.05) is 18.7 Å². The van der Waals surface area contributed by atoms with E-state index in [-0.39, 0.29) is 6.10 Å². The second-order valence-corrected chi connectivity index (χ2v) is 4.51. The Balaban J connectivity index is 2.17. The van der Waals surface area contributed by atoms with Crippen molar-refractivity contribution in [3.05, 3.63) is 0 Å². The summed E-state index contributed by atoms with van der Waals surface area (Å²) in [6.07, 6.45) is 1.45. The van der Waals surface area contributed by atoms with E-state index in [1.165, 1.54) is 6.42 Å². The Labute approximate surface area is 84.3 Å². The number of hydrogen-bond acceptors (Lipinski definition) is 4. The molecular weight excluding hydrogens is 184 g/mol. The third-order valence-electron chi connectivity index (χ3n) is 2.12. The zero-order valence-electron chi connectivity index (χ0n) is 8.54. The molecule has 4 heteroatoms. The lowest BCUT2D eigenvalue weighted by atomic mass is 10.3. The van der Waals surface area contributed by atoms with Crippen LogP contribution in [0.15, 0.2) is 4.99 Å². The maximum Gasteiger partial charge on any atom is 0.157 e. The van der Waals surface area contributed by atoms with Gasteiger partial charge in [0, 0.05) is 18.9 Å². The highest BCUT2D eigenvalue weighted by atomic mass is 32.2. The summed E-state index contributed by atoms with van der Waals surface area (Å²) in [6.45, 7) is 6.06. The molecule has 0 amide bonds. The van der Waals surface area contributed by atoms with E-state index < -0.39 is 0 Å². The number of ether oxygens (including phenoxy) is 1. The van der Waals surface area contributed by atoms with Crippen LogP contribution in [0.2, 0.25) is 0 Å². The van der Waals surface area contributed by atoms with Crippen LogP contribution in [0.3, 0.4) is 0 Å². The summed E-state index contributed by atoms with van der Waals surface area (Å²) >= 11 is 1.85. The number of methoxy groups -OCH3 is 1. The van der Waals surface area contributed by atoms with E-state index in [2.05, 4.69) is 17.2 Å². The third kappa shape index (κ3) is 3.56. The van der Waals surface area contributed by atoms with E-state index in [9.17, 15) is 0 Å². The fourth-order valence-corrected chi connectivity index (χ4v) is 1.99. The number of aliphatic imine (C=N–C) groups is 1. The minimum Gasteiger partial charge on any atom is -0.380 e. The summed E-state index contributed by atoms with van der Waals surface area (Å²) in [7, 11) is 1.73. The highest BCUT2D eigenvalue weighted by Gasteiger charge is 2.17. The van der Waals surface area contributed by atoms with Gasteiger partial charge in [0.05, 0.1) is 12.6 Å². The molecule has 3 nitrogen and oxygen atoms in total. The Bertz CT molecular complexity index is 184. The van der Waals surface area contributed by atoms with Crippen molar-refractivity contribution in [3.8, 4) is 0 Å². The molecule has 0 saturated carbocycles. The Morgan fingerprint density at radius 1 is 1.77 bits per heavy atom. The van der Waals surface area contributed by atoms with Crippen molar-refractivity contribution >= 4 is 16.9 Å². The Morgan fingerprint density at radius 2 is 2.54 bits per heavy atom. The first-order valence-corrected chi connectivity index (χ1v) is 5.62. The maximum atomic E-state index is 5.14. The van der Waals surface area contributed by atoms with E-state index in [4.69, 9.17) is 4.74 Å². The molecule has 0 bridgehead atoms. The predicted octanol–water partition coefficient (Wildman–Crippen LogP) is 1.49. The van der Waals surface area contributed by atoms with Crippen molar-refractivity contribution in [1.82, 2.24) is 5.32 Å². The highest BCUT2D eigenvalue weighted by molar-refractivity contribution is 8.14. The maximum absolute atomic E-state index is 5.14. The number of amidine groups is 1. The third-order valence-corrected chi connectivity index (χ3v) is 3.43. The molecule has 0 aromatic heterocycles.